The van der Waals surface area contributed by atoms with Gasteiger partial charge in [0, 0.05) is 24.1 Å². The van der Waals surface area contributed by atoms with Crippen molar-refractivity contribution in [2.75, 3.05) is 34.0 Å². The van der Waals surface area contributed by atoms with Crippen molar-refractivity contribution in [1.82, 2.24) is 4.90 Å². The van der Waals surface area contributed by atoms with Crippen LogP contribution in [0.5, 0.6) is 23.0 Å². The van der Waals surface area contributed by atoms with Crippen LogP contribution in [0.3, 0.4) is 0 Å². The number of likely N-dealkylation sites (tertiary alicyclic amines) is 1. The molecular weight excluding hydrogens is 394 g/mol. The quantitative estimate of drug-likeness (QED) is 0.686. The third-order valence-electron chi connectivity index (χ3n) is 5.77. The molecule has 6 heteroatoms. The monoisotopic (exact) mass is 423 g/mol. The van der Waals surface area contributed by atoms with Crippen molar-refractivity contribution in [2.45, 2.75) is 32.2 Å². The van der Waals surface area contributed by atoms with Crippen molar-refractivity contribution < 1.29 is 23.7 Å². The van der Waals surface area contributed by atoms with E-state index < -0.39 is 0 Å². The smallest absolute Gasteiger partial charge is 0.254 e. The highest BCUT2D eigenvalue weighted by atomic mass is 16.5. The molecule has 31 heavy (non-hydrogen) atoms. The maximum Gasteiger partial charge on any atom is 0.254 e. The van der Waals surface area contributed by atoms with Gasteiger partial charge in [-0.1, -0.05) is 18.2 Å². The van der Waals surface area contributed by atoms with Gasteiger partial charge in [0.15, 0.2) is 23.0 Å². The van der Waals surface area contributed by atoms with Gasteiger partial charge in [-0.25, -0.2) is 0 Å². The molecule has 2 aliphatic heterocycles. The van der Waals surface area contributed by atoms with E-state index in [4.69, 9.17) is 18.9 Å². The number of amides is 1. The number of allylic oxidation sites excluding steroid dienone is 1. The molecule has 2 aromatic carbocycles. The number of ether oxygens (including phenoxy) is 4. The Bertz CT molecular complexity index is 984. The van der Waals surface area contributed by atoms with E-state index in [1.807, 2.05) is 48.2 Å². The Morgan fingerprint density at radius 3 is 2.61 bits per heavy atom. The summed E-state index contributed by atoms with van der Waals surface area (Å²) in [6, 6.07) is 9.66. The second kappa shape index (κ2) is 9.33. The molecule has 0 aliphatic carbocycles. The lowest BCUT2D eigenvalue weighted by atomic mass is 10.0. The van der Waals surface area contributed by atoms with E-state index in [-0.39, 0.29) is 11.9 Å². The summed E-state index contributed by atoms with van der Waals surface area (Å²) >= 11 is 0. The van der Waals surface area contributed by atoms with Gasteiger partial charge in [0.25, 0.3) is 5.91 Å². The Morgan fingerprint density at radius 2 is 1.87 bits per heavy atom. The molecule has 0 radical (unpaired) electrons. The van der Waals surface area contributed by atoms with Crippen LogP contribution in [-0.4, -0.2) is 44.8 Å². The number of fused-ring (bicyclic) bond motifs is 1. The molecule has 1 atom stereocenters. The molecule has 0 spiro atoms. The number of benzene rings is 2. The predicted octanol–water partition coefficient (Wildman–Crippen LogP) is 4.88. The van der Waals surface area contributed by atoms with Crippen molar-refractivity contribution in [3.63, 3.8) is 0 Å². The molecule has 2 aromatic rings. The number of hydrogen-bond donors (Lipinski definition) is 0. The second-order valence-electron chi connectivity index (χ2n) is 7.71. The molecule has 1 amide bonds. The molecule has 1 unspecified atom stereocenters. The zero-order valence-electron chi connectivity index (χ0n) is 18.3. The minimum Gasteiger partial charge on any atom is -0.493 e. The number of carbonyl (C=O) groups is 1. The van der Waals surface area contributed by atoms with Gasteiger partial charge in [-0.2, -0.15) is 0 Å². The first-order valence-electron chi connectivity index (χ1n) is 10.8. The average molecular weight is 424 g/mol. The molecule has 1 fully saturated rings. The van der Waals surface area contributed by atoms with Crippen LogP contribution in [0.25, 0.3) is 6.08 Å². The third kappa shape index (κ3) is 4.20. The highest BCUT2D eigenvalue weighted by Crippen LogP contribution is 2.40. The normalized spacial score (nSPS) is 18.2. The zero-order chi connectivity index (χ0) is 21.8. The summed E-state index contributed by atoms with van der Waals surface area (Å²) < 4.78 is 22.6. The average Bonchev–Trinajstić information content (AvgIpc) is 3.16. The van der Waals surface area contributed by atoms with Gasteiger partial charge in [0.05, 0.1) is 33.5 Å². The maximum absolute atomic E-state index is 13.5. The fourth-order valence-electron chi connectivity index (χ4n) is 4.33. The Morgan fingerprint density at radius 1 is 1.06 bits per heavy atom. The van der Waals surface area contributed by atoms with Crippen LogP contribution < -0.4 is 18.9 Å². The number of carbonyl (C=O) groups excluding carboxylic acids is 1. The second-order valence-corrected chi connectivity index (χ2v) is 7.71. The maximum atomic E-state index is 13.5. The topological polar surface area (TPSA) is 57.2 Å². The molecule has 2 aliphatic rings. The number of methoxy groups -OCH3 is 2. The molecule has 4 rings (SSSR count). The summed E-state index contributed by atoms with van der Waals surface area (Å²) in [7, 11) is 3.19. The predicted molar refractivity (Wildman–Crippen MR) is 119 cm³/mol. The molecular formula is C25H29NO5. The molecule has 0 bridgehead atoms. The van der Waals surface area contributed by atoms with E-state index >= 15 is 0 Å². The van der Waals surface area contributed by atoms with Crippen LogP contribution in [0, 0.1) is 0 Å². The van der Waals surface area contributed by atoms with Crippen molar-refractivity contribution in [3.05, 3.63) is 53.1 Å². The first-order valence-corrected chi connectivity index (χ1v) is 10.8. The van der Waals surface area contributed by atoms with Crippen LogP contribution in [0.1, 0.15) is 53.7 Å². The third-order valence-corrected chi connectivity index (χ3v) is 5.77. The molecule has 0 N–H and O–H groups in total. The van der Waals surface area contributed by atoms with Gasteiger partial charge in [0.1, 0.15) is 0 Å². The van der Waals surface area contributed by atoms with Crippen molar-refractivity contribution >= 4 is 12.0 Å². The van der Waals surface area contributed by atoms with Crippen molar-refractivity contribution in [3.8, 4) is 23.0 Å². The summed E-state index contributed by atoms with van der Waals surface area (Å²) in [6.45, 7) is 3.95. The standard InChI is InChI=1S/C25H29NO5/c1-4-7-18-14-19(16-23(28-2)24(18)29-3)25(27)26-11-5-8-20(26)17-9-10-21-22(15-17)31-13-6-12-30-21/h4,7,9-10,14-16,20H,5-6,8,11-13H2,1-3H3. The van der Waals surface area contributed by atoms with E-state index in [9.17, 15) is 4.79 Å². The SMILES string of the molecule is CC=Cc1cc(C(=O)N2CCCC2c2ccc3c(c2)OCCCO3)cc(OC)c1OC. The Hall–Kier alpha value is -3.15. The first kappa shape index (κ1) is 21.1. The van der Waals surface area contributed by atoms with E-state index in [2.05, 4.69) is 0 Å². The highest BCUT2D eigenvalue weighted by Gasteiger charge is 2.32. The van der Waals surface area contributed by atoms with Gasteiger partial charge < -0.3 is 23.8 Å². The van der Waals surface area contributed by atoms with Crippen molar-refractivity contribution in [1.29, 1.82) is 0 Å². The van der Waals surface area contributed by atoms with Crippen LogP contribution >= 0.6 is 0 Å². The number of hydrogen-bond acceptors (Lipinski definition) is 5. The minimum absolute atomic E-state index is 0.00270. The van der Waals surface area contributed by atoms with Gasteiger partial charge in [-0.15, -0.1) is 0 Å². The number of rotatable bonds is 5. The lowest BCUT2D eigenvalue weighted by Crippen LogP contribution is -2.30. The van der Waals surface area contributed by atoms with Gasteiger partial charge in [0.2, 0.25) is 0 Å². The summed E-state index contributed by atoms with van der Waals surface area (Å²) in [6.07, 6.45) is 6.58. The molecule has 1 saturated heterocycles. The molecule has 164 valence electrons. The van der Waals surface area contributed by atoms with Gasteiger partial charge in [-0.05, 0) is 49.6 Å². The fourth-order valence-corrected chi connectivity index (χ4v) is 4.33. The summed E-state index contributed by atoms with van der Waals surface area (Å²) in [5.74, 6) is 2.69. The first-order chi connectivity index (χ1) is 15.2. The van der Waals surface area contributed by atoms with Crippen LogP contribution in [0.2, 0.25) is 0 Å². The highest BCUT2D eigenvalue weighted by molar-refractivity contribution is 5.96. The van der Waals surface area contributed by atoms with Gasteiger partial charge in [-0.3, -0.25) is 4.79 Å². The lowest BCUT2D eigenvalue weighted by Gasteiger charge is -2.26. The molecule has 0 aromatic heterocycles. The molecule has 0 saturated carbocycles. The fraction of sp³-hybridized carbons (Fsp3) is 0.400. The van der Waals surface area contributed by atoms with E-state index in [1.165, 1.54) is 0 Å². The summed E-state index contributed by atoms with van der Waals surface area (Å²) in [4.78, 5) is 15.5. The minimum atomic E-state index is -0.0127. The number of nitrogens with zero attached hydrogens (tertiary/aromatic N) is 1. The lowest BCUT2D eigenvalue weighted by molar-refractivity contribution is 0.0735. The summed E-state index contributed by atoms with van der Waals surface area (Å²) in [5, 5.41) is 0. The Kier molecular flexibility index (Phi) is 6.35. The Labute approximate surface area is 183 Å². The van der Waals surface area contributed by atoms with Crippen LogP contribution in [0.15, 0.2) is 36.4 Å². The van der Waals surface area contributed by atoms with Crippen LogP contribution in [0.4, 0.5) is 0 Å². The zero-order valence-corrected chi connectivity index (χ0v) is 18.3. The largest absolute Gasteiger partial charge is 0.493 e. The van der Waals surface area contributed by atoms with Crippen molar-refractivity contribution in [2.24, 2.45) is 0 Å². The van der Waals surface area contributed by atoms with E-state index in [1.54, 1.807) is 20.3 Å². The molecule has 2 heterocycles. The van der Waals surface area contributed by atoms with E-state index in [0.29, 0.717) is 36.8 Å². The van der Waals surface area contributed by atoms with Gasteiger partial charge >= 0.3 is 0 Å². The van der Waals surface area contributed by atoms with Crippen LogP contribution in [-0.2, 0) is 0 Å². The Balaban J connectivity index is 1.66. The summed E-state index contributed by atoms with van der Waals surface area (Å²) in [5.41, 5.74) is 2.48. The molecule has 6 nitrogen and oxygen atoms in total. The van der Waals surface area contributed by atoms with E-state index in [0.717, 1.165) is 41.9 Å².